The van der Waals surface area contributed by atoms with Crippen molar-refractivity contribution in [2.24, 2.45) is 11.3 Å². The maximum Gasteiger partial charge on any atom is 0.310 e. The third-order valence-corrected chi connectivity index (χ3v) is 5.75. The molecule has 118 valence electrons. The van der Waals surface area contributed by atoms with Crippen LogP contribution in [0.3, 0.4) is 0 Å². The van der Waals surface area contributed by atoms with E-state index in [0.29, 0.717) is 12.3 Å². The number of hydrogen-bond donors (Lipinski definition) is 1. The van der Waals surface area contributed by atoms with Crippen LogP contribution in [0.15, 0.2) is 5.38 Å². The van der Waals surface area contributed by atoms with Crippen molar-refractivity contribution in [1.29, 1.82) is 0 Å². The summed E-state index contributed by atoms with van der Waals surface area (Å²) in [5.41, 5.74) is 0.522. The Morgan fingerprint density at radius 3 is 2.48 bits per heavy atom. The number of thiazole rings is 1. The molecule has 1 fully saturated rings. The predicted molar refractivity (Wildman–Crippen MR) is 86.8 cm³/mol. The lowest BCUT2D eigenvalue weighted by Crippen LogP contribution is -2.37. The molecule has 1 heterocycles. The van der Waals surface area contributed by atoms with E-state index in [2.05, 4.69) is 33.1 Å². The van der Waals surface area contributed by atoms with Gasteiger partial charge >= 0.3 is 5.97 Å². The molecule has 0 unspecified atom stereocenters. The molecule has 1 aromatic rings. The predicted octanol–water partition coefficient (Wildman–Crippen LogP) is 4.65. The van der Waals surface area contributed by atoms with Crippen molar-refractivity contribution < 1.29 is 9.90 Å². The molecule has 0 atom stereocenters. The first kappa shape index (κ1) is 16.5. The molecule has 3 nitrogen and oxygen atoms in total. The topological polar surface area (TPSA) is 50.2 Å². The Kier molecular flexibility index (Phi) is 4.76. The van der Waals surface area contributed by atoms with E-state index in [4.69, 9.17) is 4.98 Å². The fourth-order valence-electron chi connectivity index (χ4n) is 3.13. The number of carboxylic acid groups (broad SMARTS) is 1. The number of aliphatic carboxylic acids is 1. The smallest absolute Gasteiger partial charge is 0.310 e. The Labute approximate surface area is 131 Å². The summed E-state index contributed by atoms with van der Waals surface area (Å²) >= 11 is 1.62. The molecule has 0 spiro atoms. The Balaban J connectivity index is 2.14. The molecule has 0 bridgehead atoms. The van der Waals surface area contributed by atoms with Gasteiger partial charge in [-0.2, -0.15) is 0 Å². The first-order chi connectivity index (χ1) is 9.77. The van der Waals surface area contributed by atoms with E-state index < -0.39 is 11.4 Å². The Hall–Kier alpha value is -0.900. The monoisotopic (exact) mass is 309 g/mol. The standard InChI is InChI=1S/C17H27NO2S/c1-5-12-6-8-17(9-7-12,15(19)20)10-14-18-13(11-21-14)16(2,3)4/h11-12H,5-10H2,1-4H3,(H,19,20). The van der Waals surface area contributed by atoms with Crippen LogP contribution in [0.1, 0.15) is 70.5 Å². The minimum Gasteiger partial charge on any atom is -0.481 e. The lowest BCUT2D eigenvalue weighted by Gasteiger charge is -2.36. The van der Waals surface area contributed by atoms with Crippen LogP contribution < -0.4 is 0 Å². The van der Waals surface area contributed by atoms with E-state index in [1.54, 1.807) is 11.3 Å². The summed E-state index contributed by atoms with van der Waals surface area (Å²) in [6, 6.07) is 0. The average molecular weight is 309 g/mol. The number of carboxylic acids is 1. The van der Waals surface area contributed by atoms with Crippen LogP contribution in [0.5, 0.6) is 0 Å². The van der Waals surface area contributed by atoms with Crippen molar-refractivity contribution >= 4 is 17.3 Å². The minimum absolute atomic E-state index is 0.0327. The largest absolute Gasteiger partial charge is 0.481 e. The van der Waals surface area contributed by atoms with Crippen molar-refractivity contribution in [3.8, 4) is 0 Å². The zero-order valence-corrected chi connectivity index (χ0v) is 14.4. The van der Waals surface area contributed by atoms with Crippen LogP contribution in [-0.4, -0.2) is 16.1 Å². The molecule has 1 saturated carbocycles. The van der Waals surface area contributed by atoms with Gasteiger partial charge in [-0.15, -0.1) is 11.3 Å². The van der Waals surface area contributed by atoms with Crippen molar-refractivity contribution in [3.05, 3.63) is 16.1 Å². The van der Waals surface area contributed by atoms with E-state index in [1.807, 2.05) is 0 Å². The molecule has 0 aliphatic heterocycles. The van der Waals surface area contributed by atoms with E-state index in [-0.39, 0.29) is 5.41 Å². The summed E-state index contributed by atoms with van der Waals surface area (Å²) < 4.78 is 0. The third kappa shape index (κ3) is 3.65. The van der Waals surface area contributed by atoms with Crippen molar-refractivity contribution in [2.75, 3.05) is 0 Å². The van der Waals surface area contributed by atoms with Crippen LogP contribution in [0.25, 0.3) is 0 Å². The lowest BCUT2D eigenvalue weighted by atomic mass is 9.68. The van der Waals surface area contributed by atoms with Crippen molar-refractivity contribution in [3.63, 3.8) is 0 Å². The summed E-state index contributed by atoms with van der Waals surface area (Å²) in [7, 11) is 0. The van der Waals surface area contributed by atoms with E-state index in [9.17, 15) is 9.90 Å². The molecular weight excluding hydrogens is 282 g/mol. The molecule has 0 saturated heterocycles. The minimum atomic E-state index is -0.635. The molecule has 1 N–H and O–H groups in total. The zero-order valence-electron chi connectivity index (χ0n) is 13.6. The number of carbonyl (C=O) groups is 1. The zero-order chi connectivity index (χ0) is 15.7. The second-order valence-electron chi connectivity index (χ2n) is 7.49. The van der Waals surface area contributed by atoms with E-state index in [0.717, 1.165) is 36.4 Å². The second-order valence-corrected chi connectivity index (χ2v) is 8.43. The highest BCUT2D eigenvalue weighted by Crippen LogP contribution is 2.43. The fraction of sp³-hybridized carbons (Fsp3) is 0.765. The van der Waals surface area contributed by atoms with Gasteiger partial charge in [0.15, 0.2) is 0 Å². The summed E-state index contributed by atoms with van der Waals surface area (Å²) in [5, 5.41) is 12.8. The Bertz CT molecular complexity index is 493. The van der Waals surface area contributed by atoms with Gasteiger partial charge in [-0.25, -0.2) is 4.98 Å². The first-order valence-electron chi connectivity index (χ1n) is 7.95. The molecule has 1 aromatic heterocycles. The number of hydrogen-bond acceptors (Lipinski definition) is 3. The molecule has 0 radical (unpaired) electrons. The molecule has 1 aliphatic rings. The van der Waals surface area contributed by atoms with Crippen molar-refractivity contribution in [2.45, 2.75) is 71.6 Å². The Morgan fingerprint density at radius 1 is 1.43 bits per heavy atom. The number of aromatic nitrogens is 1. The Morgan fingerprint density at radius 2 is 2.05 bits per heavy atom. The molecule has 4 heteroatoms. The molecule has 1 aliphatic carbocycles. The first-order valence-corrected chi connectivity index (χ1v) is 8.83. The van der Waals surface area contributed by atoms with Gasteiger partial charge < -0.3 is 5.11 Å². The maximum atomic E-state index is 11.9. The molecule has 2 rings (SSSR count). The summed E-state index contributed by atoms with van der Waals surface area (Å²) in [5.74, 6) is 0.0727. The highest BCUT2D eigenvalue weighted by Gasteiger charge is 2.42. The van der Waals surface area contributed by atoms with E-state index in [1.165, 1.54) is 6.42 Å². The average Bonchev–Trinajstić information content (AvgIpc) is 2.88. The normalized spacial score (nSPS) is 26.8. The van der Waals surface area contributed by atoms with Gasteiger partial charge in [-0.3, -0.25) is 4.79 Å². The second kappa shape index (κ2) is 6.07. The van der Waals surface area contributed by atoms with Crippen LogP contribution in [0, 0.1) is 11.3 Å². The molecule has 21 heavy (non-hydrogen) atoms. The van der Waals surface area contributed by atoms with Gasteiger partial charge in [0.2, 0.25) is 0 Å². The van der Waals surface area contributed by atoms with Crippen LogP contribution in [-0.2, 0) is 16.6 Å². The van der Waals surface area contributed by atoms with Gasteiger partial charge in [0.05, 0.1) is 16.1 Å². The quantitative estimate of drug-likeness (QED) is 0.880. The van der Waals surface area contributed by atoms with Gasteiger partial charge in [0.1, 0.15) is 0 Å². The van der Waals surface area contributed by atoms with Gasteiger partial charge in [0.25, 0.3) is 0 Å². The summed E-state index contributed by atoms with van der Waals surface area (Å²) in [4.78, 5) is 16.6. The molecular formula is C17H27NO2S. The SMILES string of the molecule is CCC1CCC(Cc2nc(C(C)(C)C)cs2)(C(=O)O)CC1. The fourth-order valence-corrected chi connectivity index (χ4v) is 4.30. The van der Waals surface area contributed by atoms with Gasteiger partial charge in [-0.1, -0.05) is 34.1 Å². The van der Waals surface area contributed by atoms with Crippen molar-refractivity contribution in [1.82, 2.24) is 4.98 Å². The maximum absolute atomic E-state index is 11.9. The van der Waals surface area contributed by atoms with Crippen LogP contribution >= 0.6 is 11.3 Å². The van der Waals surface area contributed by atoms with Gasteiger partial charge in [-0.05, 0) is 31.6 Å². The molecule has 0 aromatic carbocycles. The third-order valence-electron chi connectivity index (χ3n) is 4.90. The van der Waals surface area contributed by atoms with Crippen LogP contribution in [0.2, 0.25) is 0 Å². The summed E-state index contributed by atoms with van der Waals surface area (Å²) in [6.07, 6.45) is 5.44. The number of rotatable bonds is 4. The van der Waals surface area contributed by atoms with Gasteiger partial charge in [0, 0.05) is 17.2 Å². The lowest BCUT2D eigenvalue weighted by molar-refractivity contribution is -0.151. The van der Waals surface area contributed by atoms with E-state index >= 15 is 0 Å². The summed E-state index contributed by atoms with van der Waals surface area (Å²) in [6.45, 7) is 8.64. The highest BCUT2D eigenvalue weighted by atomic mass is 32.1. The number of nitrogens with zero attached hydrogens (tertiary/aromatic N) is 1. The molecule has 0 amide bonds. The highest BCUT2D eigenvalue weighted by molar-refractivity contribution is 7.09. The van der Waals surface area contributed by atoms with Crippen LogP contribution in [0.4, 0.5) is 0 Å².